The lowest BCUT2D eigenvalue weighted by Crippen LogP contribution is -2.38. The van der Waals surface area contributed by atoms with E-state index < -0.39 is 19.0 Å². The maximum absolute atomic E-state index is 14.4. The van der Waals surface area contributed by atoms with Crippen LogP contribution in [0.3, 0.4) is 0 Å². The number of carbonyl (C=O) groups is 2. The zero-order chi connectivity index (χ0) is 34.4. The van der Waals surface area contributed by atoms with E-state index in [2.05, 4.69) is 30.3 Å². The number of benzene rings is 6. The Morgan fingerprint density at radius 2 is 1.36 bits per heavy atom. The largest absolute Gasteiger partial charge is 0.340 e. The van der Waals surface area contributed by atoms with Crippen molar-refractivity contribution in [3.05, 3.63) is 150 Å². The summed E-state index contributed by atoms with van der Waals surface area (Å²) in [5.41, 5.74) is 1.93. The Labute approximate surface area is 293 Å². The van der Waals surface area contributed by atoms with Gasteiger partial charge in [0.25, 0.3) is 5.91 Å². The molecule has 0 radical (unpaired) electrons. The first-order valence-electron chi connectivity index (χ1n) is 16.6. The Hall–Kier alpha value is -4.98. The summed E-state index contributed by atoms with van der Waals surface area (Å²) in [5, 5.41) is 3.82. The van der Waals surface area contributed by atoms with Crippen LogP contribution in [0.25, 0.3) is 42.3 Å². The Morgan fingerprint density at radius 3 is 2.06 bits per heavy atom. The highest BCUT2D eigenvalue weighted by Gasteiger charge is 2.40. The summed E-state index contributed by atoms with van der Waals surface area (Å²) in [6.45, 7) is 0.990. The van der Waals surface area contributed by atoms with Crippen molar-refractivity contribution in [1.29, 1.82) is 0 Å². The van der Waals surface area contributed by atoms with Crippen molar-refractivity contribution in [3.8, 4) is 10.6 Å². The Balaban J connectivity index is 1.07. The van der Waals surface area contributed by atoms with E-state index in [1.54, 1.807) is 52.6 Å². The molecule has 1 aromatic heterocycles. The maximum Gasteiger partial charge on any atom is 0.340 e. The first-order valence-corrected chi connectivity index (χ1v) is 19.1. The molecule has 248 valence electrons. The number of ketones is 1. The van der Waals surface area contributed by atoms with Crippen molar-refractivity contribution in [2.24, 2.45) is 0 Å². The number of piperidine rings is 1. The van der Waals surface area contributed by atoms with Crippen LogP contribution < -0.4 is 0 Å². The van der Waals surface area contributed by atoms with Crippen molar-refractivity contribution in [2.45, 2.75) is 24.4 Å². The molecule has 9 heteroatoms. The monoisotopic (exact) mass is 696 g/mol. The van der Waals surface area contributed by atoms with E-state index in [-0.39, 0.29) is 28.5 Å². The van der Waals surface area contributed by atoms with E-state index in [4.69, 9.17) is 4.98 Å². The summed E-state index contributed by atoms with van der Waals surface area (Å²) in [6.07, 6.45) is 1.51. The van der Waals surface area contributed by atoms with Gasteiger partial charge in [-0.25, -0.2) is 4.98 Å². The van der Waals surface area contributed by atoms with Gasteiger partial charge in [0.15, 0.2) is 5.78 Å². The van der Waals surface area contributed by atoms with Crippen LogP contribution in [0.2, 0.25) is 0 Å². The molecule has 0 saturated carbocycles. The fourth-order valence-corrected chi connectivity index (χ4v) is 9.22. The van der Waals surface area contributed by atoms with Gasteiger partial charge in [-0.15, -0.1) is 11.3 Å². The summed E-state index contributed by atoms with van der Waals surface area (Å²) < 4.78 is 14.3. The number of thiazole rings is 1. The number of fused-ring (bicyclic) bond motifs is 3. The predicted octanol–water partition coefficient (Wildman–Crippen LogP) is 9.39. The highest BCUT2D eigenvalue weighted by molar-refractivity contribution is 7.53. The molecule has 6 aromatic carbocycles. The van der Waals surface area contributed by atoms with Crippen LogP contribution in [-0.4, -0.2) is 44.5 Å². The molecule has 1 unspecified atom stereocenters. The number of nitrogens with zero attached hydrogens (tertiary/aromatic N) is 2. The van der Waals surface area contributed by atoms with Gasteiger partial charge in [-0.3, -0.25) is 14.2 Å². The second-order valence-electron chi connectivity index (χ2n) is 12.8. The van der Waals surface area contributed by atoms with E-state index >= 15 is 0 Å². The molecular formula is C41H33N2O5PS. The maximum atomic E-state index is 14.4. The molecule has 1 atom stereocenters. The Kier molecular flexibility index (Phi) is 8.41. The SMILES string of the molecule is O=C(c1cc2ccccc2cc1C(=O)N1CCC(c2ccc(-c3nc4ccccc4s3)cc2)CC1)C(c1cccc2ccccc12)P(=O)(O)O. The number of para-hydroxylation sites is 1. The molecule has 7 aromatic rings. The molecule has 0 bridgehead atoms. The Morgan fingerprint density at radius 1 is 0.740 bits per heavy atom. The topological polar surface area (TPSA) is 108 Å². The van der Waals surface area contributed by atoms with E-state index in [0.29, 0.717) is 23.9 Å². The minimum atomic E-state index is -5.02. The number of aromatic nitrogens is 1. The third-order valence-corrected chi connectivity index (χ3v) is 12.1. The lowest BCUT2D eigenvalue weighted by atomic mass is 9.88. The van der Waals surface area contributed by atoms with E-state index in [1.807, 2.05) is 60.7 Å². The third-order valence-electron chi connectivity index (χ3n) is 9.79. The molecule has 1 aliphatic rings. The molecule has 1 saturated heterocycles. The number of carbonyl (C=O) groups excluding carboxylic acids is 2. The van der Waals surface area contributed by atoms with Crippen LogP contribution >= 0.6 is 18.9 Å². The van der Waals surface area contributed by atoms with E-state index in [0.717, 1.165) is 44.4 Å². The lowest BCUT2D eigenvalue weighted by molar-refractivity contribution is 0.0708. The first-order chi connectivity index (χ1) is 24.2. The molecule has 50 heavy (non-hydrogen) atoms. The van der Waals surface area contributed by atoms with Crippen molar-refractivity contribution >= 4 is 62.4 Å². The quantitative estimate of drug-likeness (QED) is 0.127. The summed E-state index contributed by atoms with van der Waals surface area (Å²) >= 11 is 1.68. The zero-order valence-electron chi connectivity index (χ0n) is 27.0. The number of amides is 1. The van der Waals surface area contributed by atoms with Gasteiger partial charge in [-0.05, 0) is 75.7 Å². The Bertz CT molecular complexity index is 2420. The number of rotatable bonds is 7. The van der Waals surface area contributed by atoms with Gasteiger partial charge >= 0.3 is 7.60 Å². The van der Waals surface area contributed by atoms with Gasteiger partial charge < -0.3 is 14.7 Å². The second-order valence-corrected chi connectivity index (χ2v) is 15.6. The minimum Gasteiger partial charge on any atom is -0.339 e. The van der Waals surface area contributed by atoms with Crippen LogP contribution in [-0.2, 0) is 4.57 Å². The summed E-state index contributed by atoms with van der Waals surface area (Å²) in [4.78, 5) is 56.6. The van der Waals surface area contributed by atoms with Gasteiger partial charge in [0.05, 0.1) is 15.8 Å². The average Bonchev–Trinajstić information content (AvgIpc) is 3.58. The summed E-state index contributed by atoms with van der Waals surface area (Å²) in [6, 6.07) is 39.7. The molecule has 2 N–H and O–H groups in total. The fourth-order valence-electron chi connectivity index (χ4n) is 7.21. The van der Waals surface area contributed by atoms with Gasteiger partial charge in [-0.2, -0.15) is 0 Å². The van der Waals surface area contributed by atoms with Gasteiger partial charge in [0, 0.05) is 24.2 Å². The average molecular weight is 697 g/mol. The van der Waals surface area contributed by atoms with Crippen molar-refractivity contribution in [1.82, 2.24) is 9.88 Å². The predicted molar refractivity (Wildman–Crippen MR) is 200 cm³/mol. The highest BCUT2D eigenvalue weighted by atomic mass is 32.1. The second kappa shape index (κ2) is 13.0. The lowest BCUT2D eigenvalue weighted by Gasteiger charge is -2.33. The highest BCUT2D eigenvalue weighted by Crippen LogP contribution is 2.55. The van der Waals surface area contributed by atoms with E-state index in [1.165, 1.54) is 5.56 Å². The van der Waals surface area contributed by atoms with Gasteiger partial charge in [0.1, 0.15) is 10.7 Å². The molecule has 0 spiro atoms. The van der Waals surface area contributed by atoms with Crippen LogP contribution in [0.15, 0.2) is 127 Å². The normalized spacial score (nSPS) is 14.7. The molecule has 1 aliphatic heterocycles. The molecule has 1 amide bonds. The zero-order valence-corrected chi connectivity index (χ0v) is 28.7. The van der Waals surface area contributed by atoms with Crippen LogP contribution in [0, 0.1) is 0 Å². The van der Waals surface area contributed by atoms with Gasteiger partial charge in [-0.1, -0.05) is 103 Å². The van der Waals surface area contributed by atoms with E-state index in [9.17, 15) is 23.9 Å². The number of hydrogen-bond acceptors (Lipinski definition) is 5. The number of likely N-dealkylation sites (tertiary alicyclic amines) is 1. The molecular weight excluding hydrogens is 664 g/mol. The van der Waals surface area contributed by atoms with Gasteiger partial charge in [0.2, 0.25) is 0 Å². The standard InChI is InChI=1S/C41H33N2O5PS/c44-38(39(49(46,47)48)33-13-7-11-28-8-3-4-12-32(28)33)34-24-30-9-1-2-10-31(30)25-35(34)41(45)43-22-20-27(21-23-43)26-16-18-29(19-17-26)40-42-36-14-5-6-15-37(36)50-40/h1-19,24-25,27,39H,20-23H2,(H2,46,47,48). The molecule has 7 nitrogen and oxygen atoms in total. The minimum absolute atomic E-state index is 0.0162. The van der Waals surface area contributed by atoms with Crippen molar-refractivity contribution in [2.75, 3.05) is 13.1 Å². The summed E-state index contributed by atoms with van der Waals surface area (Å²) in [7, 11) is -5.02. The van der Waals surface area contributed by atoms with Crippen molar-refractivity contribution < 1.29 is 23.9 Å². The number of Topliss-reactive ketones (excluding diaryl/α,β-unsaturated/α-hetero) is 1. The first kappa shape index (κ1) is 32.2. The molecule has 1 fully saturated rings. The number of hydrogen-bond donors (Lipinski definition) is 2. The van der Waals surface area contributed by atoms with Crippen LogP contribution in [0.5, 0.6) is 0 Å². The molecule has 2 heterocycles. The van der Waals surface area contributed by atoms with Crippen LogP contribution in [0.4, 0.5) is 0 Å². The molecule has 0 aliphatic carbocycles. The fraction of sp³-hybridized carbons (Fsp3) is 0.146. The van der Waals surface area contributed by atoms with Crippen LogP contribution in [0.1, 0.15) is 56.3 Å². The molecule has 8 rings (SSSR count). The smallest absolute Gasteiger partial charge is 0.339 e. The third kappa shape index (κ3) is 6.05. The van der Waals surface area contributed by atoms with Crippen molar-refractivity contribution in [3.63, 3.8) is 0 Å². The summed E-state index contributed by atoms with van der Waals surface area (Å²) in [5.74, 6) is -0.815.